The Labute approximate surface area is 240 Å². The molecule has 0 fully saturated rings. The molecule has 10 heteroatoms. The number of nitrogens with zero attached hydrogens (tertiary/aromatic N) is 2. The Morgan fingerprint density at radius 3 is 2.23 bits per heavy atom. The van der Waals surface area contributed by atoms with Crippen LogP contribution in [0.25, 0.3) is 0 Å². The Morgan fingerprint density at radius 1 is 0.923 bits per heavy atom. The van der Waals surface area contributed by atoms with Crippen LogP contribution in [0.1, 0.15) is 37.0 Å². The lowest BCUT2D eigenvalue weighted by molar-refractivity contribution is -0.139. The number of carbonyl (C=O) groups is 2. The summed E-state index contributed by atoms with van der Waals surface area (Å²) < 4.78 is 28.8. The molecule has 0 radical (unpaired) electrons. The average Bonchev–Trinajstić information content (AvgIpc) is 2.90. The molecular formula is C29H33Cl2N3O4S. The minimum atomic E-state index is -4.11. The predicted molar refractivity (Wildman–Crippen MR) is 157 cm³/mol. The monoisotopic (exact) mass is 589 g/mol. The molecule has 0 saturated heterocycles. The Balaban J connectivity index is 2.03. The molecule has 1 atom stereocenters. The van der Waals surface area contributed by atoms with Crippen molar-refractivity contribution in [3.63, 3.8) is 0 Å². The summed E-state index contributed by atoms with van der Waals surface area (Å²) in [6.45, 7) is 7.23. The third-order valence-electron chi connectivity index (χ3n) is 6.23. The number of anilines is 1. The number of amides is 2. The second kappa shape index (κ2) is 13.3. The molecule has 0 saturated carbocycles. The molecule has 3 rings (SSSR count). The number of rotatable bonds is 11. The molecule has 0 aliphatic rings. The number of benzene rings is 3. The van der Waals surface area contributed by atoms with Gasteiger partial charge < -0.3 is 10.2 Å². The van der Waals surface area contributed by atoms with Crippen molar-refractivity contribution in [2.75, 3.05) is 17.4 Å². The highest BCUT2D eigenvalue weighted by atomic mass is 35.5. The van der Waals surface area contributed by atoms with E-state index < -0.39 is 28.5 Å². The molecule has 7 nitrogen and oxygen atoms in total. The predicted octanol–water partition coefficient (Wildman–Crippen LogP) is 5.75. The zero-order chi connectivity index (χ0) is 28.7. The van der Waals surface area contributed by atoms with Crippen LogP contribution in [0.4, 0.5) is 5.69 Å². The van der Waals surface area contributed by atoms with Gasteiger partial charge in [-0.1, -0.05) is 66.0 Å². The van der Waals surface area contributed by atoms with Crippen LogP contribution >= 0.6 is 23.2 Å². The van der Waals surface area contributed by atoms with E-state index in [-0.39, 0.29) is 17.3 Å². The molecule has 208 valence electrons. The zero-order valence-electron chi connectivity index (χ0n) is 22.4. The minimum absolute atomic E-state index is 0.0304. The third kappa shape index (κ3) is 7.75. The summed E-state index contributed by atoms with van der Waals surface area (Å²) in [6.07, 6.45) is 0.731. The Kier molecular flexibility index (Phi) is 10.4. The number of hydrogen-bond donors (Lipinski definition) is 1. The smallest absolute Gasteiger partial charge is 0.264 e. The summed E-state index contributed by atoms with van der Waals surface area (Å²) in [5.41, 5.74) is 2.74. The summed E-state index contributed by atoms with van der Waals surface area (Å²) in [5.74, 6) is -0.883. The van der Waals surface area contributed by atoms with Gasteiger partial charge in [0.05, 0.1) is 20.6 Å². The van der Waals surface area contributed by atoms with Crippen molar-refractivity contribution in [1.82, 2.24) is 10.2 Å². The van der Waals surface area contributed by atoms with E-state index >= 15 is 0 Å². The van der Waals surface area contributed by atoms with Crippen molar-refractivity contribution in [2.24, 2.45) is 0 Å². The molecule has 3 aromatic rings. The number of aryl methyl sites for hydroxylation is 2. The average molecular weight is 591 g/mol. The molecule has 3 aromatic carbocycles. The van der Waals surface area contributed by atoms with Gasteiger partial charge in [-0.05, 0) is 74.7 Å². The van der Waals surface area contributed by atoms with Gasteiger partial charge in [0.25, 0.3) is 10.0 Å². The first-order chi connectivity index (χ1) is 18.4. The van der Waals surface area contributed by atoms with Crippen LogP contribution in [0.3, 0.4) is 0 Å². The van der Waals surface area contributed by atoms with E-state index in [1.165, 1.54) is 17.0 Å². The first kappa shape index (κ1) is 30.5. The van der Waals surface area contributed by atoms with Crippen molar-refractivity contribution < 1.29 is 18.0 Å². The molecule has 0 aliphatic carbocycles. The highest BCUT2D eigenvalue weighted by molar-refractivity contribution is 7.92. The maximum Gasteiger partial charge on any atom is 0.264 e. The first-order valence-electron chi connectivity index (χ1n) is 12.6. The van der Waals surface area contributed by atoms with E-state index in [1.807, 2.05) is 26.8 Å². The molecule has 0 spiro atoms. The van der Waals surface area contributed by atoms with Gasteiger partial charge in [0.1, 0.15) is 12.6 Å². The molecule has 2 amide bonds. The van der Waals surface area contributed by atoms with Crippen LogP contribution in [0.2, 0.25) is 10.0 Å². The van der Waals surface area contributed by atoms with Gasteiger partial charge in [0, 0.05) is 13.1 Å². The van der Waals surface area contributed by atoms with Gasteiger partial charge in [-0.15, -0.1) is 0 Å². The van der Waals surface area contributed by atoms with E-state index in [1.54, 1.807) is 55.5 Å². The molecule has 1 N–H and O–H groups in total. The van der Waals surface area contributed by atoms with Crippen LogP contribution in [0, 0.1) is 13.8 Å². The number of hydrogen-bond acceptors (Lipinski definition) is 4. The standard InChI is InChI=1S/C29H33Cl2N3O4S/c1-5-15-32-29(36)22(4)33(18-23-11-14-26(30)27(31)17-23)28(35)19-34(24-8-6-7-21(3)16-24)39(37,38)25-12-9-20(2)10-13-25/h6-14,16-17,22H,5,15,18-19H2,1-4H3,(H,32,36)/t22-/m1/s1. The fourth-order valence-corrected chi connectivity index (χ4v) is 5.69. The summed E-state index contributed by atoms with van der Waals surface area (Å²) in [7, 11) is -4.11. The maximum absolute atomic E-state index is 13.9. The summed E-state index contributed by atoms with van der Waals surface area (Å²) in [5, 5.41) is 3.49. The van der Waals surface area contributed by atoms with Crippen molar-refractivity contribution >= 4 is 50.7 Å². The number of carbonyl (C=O) groups excluding carboxylic acids is 2. The fourth-order valence-electron chi connectivity index (χ4n) is 3.96. The Hall–Kier alpha value is -3.07. The molecule has 0 heterocycles. The van der Waals surface area contributed by atoms with Crippen LogP contribution in [0.5, 0.6) is 0 Å². The van der Waals surface area contributed by atoms with Gasteiger partial charge >= 0.3 is 0 Å². The molecule has 0 unspecified atom stereocenters. The van der Waals surface area contributed by atoms with Crippen LogP contribution in [0.15, 0.2) is 71.6 Å². The van der Waals surface area contributed by atoms with Crippen LogP contribution in [-0.4, -0.2) is 44.3 Å². The number of halogens is 2. The highest BCUT2D eigenvalue weighted by Gasteiger charge is 2.32. The quantitative estimate of drug-likeness (QED) is 0.308. The third-order valence-corrected chi connectivity index (χ3v) is 8.76. The minimum Gasteiger partial charge on any atom is -0.354 e. The van der Waals surface area contributed by atoms with Gasteiger partial charge in [-0.25, -0.2) is 8.42 Å². The van der Waals surface area contributed by atoms with Crippen LogP contribution < -0.4 is 9.62 Å². The fraction of sp³-hybridized carbons (Fsp3) is 0.310. The van der Waals surface area contributed by atoms with E-state index in [4.69, 9.17) is 23.2 Å². The molecule has 39 heavy (non-hydrogen) atoms. The second-order valence-electron chi connectivity index (χ2n) is 9.40. The number of sulfonamides is 1. The molecule has 0 aromatic heterocycles. The lowest BCUT2D eigenvalue weighted by Gasteiger charge is -2.32. The topological polar surface area (TPSA) is 86.8 Å². The number of nitrogens with one attached hydrogen (secondary N) is 1. The van der Waals surface area contributed by atoms with E-state index in [0.717, 1.165) is 21.9 Å². The Morgan fingerprint density at radius 2 is 1.62 bits per heavy atom. The van der Waals surface area contributed by atoms with Crippen LogP contribution in [-0.2, 0) is 26.2 Å². The van der Waals surface area contributed by atoms with Gasteiger partial charge in [0.2, 0.25) is 11.8 Å². The lowest BCUT2D eigenvalue weighted by atomic mass is 10.1. The lowest BCUT2D eigenvalue weighted by Crippen LogP contribution is -2.51. The van der Waals surface area contributed by atoms with Crippen molar-refractivity contribution in [1.29, 1.82) is 0 Å². The molecular weight excluding hydrogens is 557 g/mol. The highest BCUT2D eigenvalue weighted by Crippen LogP contribution is 2.27. The molecule has 0 aliphatic heterocycles. The van der Waals surface area contributed by atoms with Gasteiger partial charge in [0.15, 0.2) is 0 Å². The van der Waals surface area contributed by atoms with Crippen molar-refractivity contribution in [2.45, 2.75) is 51.6 Å². The summed E-state index contributed by atoms with van der Waals surface area (Å²) in [4.78, 5) is 28.2. The second-order valence-corrected chi connectivity index (χ2v) is 12.1. The summed E-state index contributed by atoms with van der Waals surface area (Å²) >= 11 is 12.3. The van der Waals surface area contributed by atoms with E-state index in [2.05, 4.69) is 5.32 Å². The first-order valence-corrected chi connectivity index (χ1v) is 14.8. The van der Waals surface area contributed by atoms with E-state index in [9.17, 15) is 18.0 Å². The van der Waals surface area contributed by atoms with Crippen molar-refractivity contribution in [3.8, 4) is 0 Å². The zero-order valence-corrected chi connectivity index (χ0v) is 24.8. The Bertz CT molecular complexity index is 1430. The largest absolute Gasteiger partial charge is 0.354 e. The van der Waals surface area contributed by atoms with Gasteiger partial charge in [-0.3, -0.25) is 13.9 Å². The normalized spacial score (nSPS) is 12.1. The summed E-state index contributed by atoms with van der Waals surface area (Å²) in [6, 6.07) is 17.5. The van der Waals surface area contributed by atoms with E-state index in [0.29, 0.717) is 27.8 Å². The molecule has 0 bridgehead atoms. The SMILES string of the molecule is CCCNC(=O)[C@@H](C)N(Cc1ccc(Cl)c(Cl)c1)C(=O)CN(c1cccc(C)c1)S(=O)(=O)c1ccc(C)cc1. The van der Waals surface area contributed by atoms with Crippen molar-refractivity contribution in [3.05, 3.63) is 93.5 Å². The van der Waals surface area contributed by atoms with Gasteiger partial charge in [-0.2, -0.15) is 0 Å². The maximum atomic E-state index is 13.9.